The summed E-state index contributed by atoms with van der Waals surface area (Å²) in [5, 5.41) is 11.6. The number of hydrogen-bond donors (Lipinski definition) is 2. The van der Waals surface area contributed by atoms with E-state index in [9.17, 15) is 0 Å². The molecule has 0 spiro atoms. The fraction of sp³-hybridized carbons (Fsp3) is 0.500. The van der Waals surface area contributed by atoms with Crippen LogP contribution in [0.2, 0.25) is 0 Å². The highest BCUT2D eigenvalue weighted by molar-refractivity contribution is 5.90. The van der Waals surface area contributed by atoms with Gasteiger partial charge >= 0.3 is 0 Å². The normalized spacial score (nSPS) is 14.5. The Balaban J connectivity index is 1.84. The second-order valence-corrected chi connectivity index (χ2v) is 7.17. The first-order valence-electron chi connectivity index (χ1n) is 10.1. The molecule has 154 valence electrons. The van der Waals surface area contributed by atoms with Gasteiger partial charge in [-0.15, -0.1) is 0 Å². The molecule has 3 aromatic rings. The zero-order valence-electron chi connectivity index (χ0n) is 17.3. The smallest absolute Gasteiger partial charge is 0.228 e. The summed E-state index contributed by atoms with van der Waals surface area (Å²) in [7, 11) is 1.70. The predicted molar refractivity (Wildman–Crippen MR) is 114 cm³/mol. The van der Waals surface area contributed by atoms with Crippen molar-refractivity contribution in [1.29, 1.82) is 0 Å². The number of aryl methyl sites for hydroxylation is 2. The fourth-order valence-electron chi connectivity index (χ4n) is 3.53. The minimum Gasteiger partial charge on any atom is -0.383 e. The van der Waals surface area contributed by atoms with E-state index in [4.69, 9.17) is 19.8 Å². The van der Waals surface area contributed by atoms with Gasteiger partial charge in [0.2, 0.25) is 5.95 Å². The van der Waals surface area contributed by atoms with Crippen LogP contribution in [-0.4, -0.2) is 64.6 Å². The molecule has 0 aromatic carbocycles. The first-order valence-corrected chi connectivity index (χ1v) is 10.1. The molecule has 1 saturated heterocycles. The number of nitrogens with zero attached hydrogens (tertiary/aromatic N) is 6. The highest BCUT2D eigenvalue weighted by Gasteiger charge is 2.21. The zero-order valence-corrected chi connectivity index (χ0v) is 17.3. The van der Waals surface area contributed by atoms with Crippen molar-refractivity contribution in [3.63, 3.8) is 0 Å². The van der Waals surface area contributed by atoms with Gasteiger partial charge in [0.1, 0.15) is 16.9 Å². The zero-order chi connectivity index (χ0) is 20.2. The Kier molecular flexibility index (Phi) is 5.86. The Hall–Kier alpha value is -2.78. The number of hydrogen-bond acceptors (Lipinski definition) is 8. The maximum absolute atomic E-state index is 5.28. The maximum atomic E-state index is 5.28. The summed E-state index contributed by atoms with van der Waals surface area (Å²) in [4.78, 5) is 16.5. The molecule has 0 atom stereocenters. The van der Waals surface area contributed by atoms with E-state index in [1.54, 1.807) is 13.3 Å². The third-order valence-corrected chi connectivity index (χ3v) is 5.05. The van der Waals surface area contributed by atoms with E-state index in [0.29, 0.717) is 13.2 Å². The van der Waals surface area contributed by atoms with Crippen LogP contribution in [0.5, 0.6) is 0 Å². The summed E-state index contributed by atoms with van der Waals surface area (Å²) >= 11 is 0. The fourth-order valence-corrected chi connectivity index (χ4v) is 3.53. The molecule has 9 nitrogen and oxygen atoms in total. The highest BCUT2D eigenvalue weighted by atomic mass is 16.5. The number of aromatic nitrogens is 5. The third kappa shape index (κ3) is 4.15. The molecule has 1 aliphatic rings. The quantitative estimate of drug-likeness (QED) is 0.625. The number of fused-ring (bicyclic) bond motifs is 1. The Bertz CT molecular complexity index is 980. The lowest BCUT2D eigenvalue weighted by Gasteiger charge is -2.27. The standard InChI is InChI=1S/C20H28N8O/c1-4-15-17-18(28(26-15)11-12-29-3)19(23-16-13-14(2)5-6-22-16)25-20(24-17)27-9-7-21-8-10-27/h5-6,13,21H,4,7-12H2,1-3H3,(H,22,23,24,25). The maximum Gasteiger partial charge on any atom is 0.228 e. The van der Waals surface area contributed by atoms with Crippen molar-refractivity contribution in [2.24, 2.45) is 0 Å². The van der Waals surface area contributed by atoms with Crippen LogP contribution in [0.1, 0.15) is 18.2 Å². The number of rotatable bonds is 7. The van der Waals surface area contributed by atoms with Gasteiger partial charge in [0.15, 0.2) is 5.82 Å². The van der Waals surface area contributed by atoms with Crippen LogP contribution in [0.3, 0.4) is 0 Å². The van der Waals surface area contributed by atoms with Crippen molar-refractivity contribution in [2.75, 3.05) is 50.1 Å². The second-order valence-electron chi connectivity index (χ2n) is 7.17. The van der Waals surface area contributed by atoms with Gasteiger partial charge in [0, 0.05) is 39.5 Å². The third-order valence-electron chi connectivity index (χ3n) is 5.05. The molecule has 0 unspecified atom stereocenters. The first-order chi connectivity index (χ1) is 14.2. The van der Waals surface area contributed by atoms with Crippen molar-refractivity contribution in [3.05, 3.63) is 29.6 Å². The molecule has 0 saturated carbocycles. The number of methoxy groups -OCH3 is 1. The molecule has 1 fully saturated rings. The van der Waals surface area contributed by atoms with Crippen molar-refractivity contribution in [3.8, 4) is 0 Å². The van der Waals surface area contributed by atoms with Crippen LogP contribution in [0, 0.1) is 6.92 Å². The average molecular weight is 396 g/mol. The summed E-state index contributed by atoms with van der Waals surface area (Å²) in [6.07, 6.45) is 2.60. The van der Waals surface area contributed by atoms with Gasteiger partial charge in [-0.25, -0.2) is 9.97 Å². The number of pyridine rings is 1. The van der Waals surface area contributed by atoms with Crippen molar-refractivity contribution < 1.29 is 4.74 Å². The highest BCUT2D eigenvalue weighted by Crippen LogP contribution is 2.29. The van der Waals surface area contributed by atoms with E-state index in [1.807, 2.05) is 23.7 Å². The van der Waals surface area contributed by atoms with Crippen LogP contribution in [0.4, 0.5) is 17.6 Å². The lowest BCUT2D eigenvalue weighted by Crippen LogP contribution is -2.44. The van der Waals surface area contributed by atoms with E-state index in [2.05, 4.69) is 27.4 Å². The summed E-state index contributed by atoms with van der Waals surface area (Å²) < 4.78 is 7.22. The SMILES string of the molecule is CCc1nn(CCOC)c2c(Nc3cc(C)ccn3)nc(N3CCNCC3)nc12. The summed E-state index contributed by atoms with van der Waals surface area (Å²) in [5.74, 6) is 2.22. The van der Waals surface area contributed by atoms with E-state index >= 15 is 0 Å². The number of ether oxygens (including phenoxy) is 1. The molecule has 4 heterocycles. The van der Waals surface area contributed by atoms with Gasteiger partial charge in [-0.1, -0.05) is 6.92 Å². The lowest BCUT2D eigenvalue weighted by molar-refractivity contribution is 0.184. The molecule has 3 aromatic heterocycles. The molecule has 0 amide bonds. The minimum atomic E-state index is 0.571. The van der Waals surface area contributed by atoms with Gasteiger partial charge in [-0.05, 0) is 31.0 Å². The first kappa shape index (κ1) is 19.5. The Labute approximate surface area is 170 Å². The number of piperazine rings is 1. The Morgan fingerprint density at radius 2 is 2.07 bits per heavy atom. The van der Waals surface area contributed by atoms with Gasteiger partial charge in [0.05, 0.1) is 18.8 Å². The van der Waals surface area contributed by atoms with E-state index in [1.165, 1.54) is 0 Å². The van der Waals surface area contributed by atoms with E-state index < -0.39 is 0 Å². The van der Waals surface area contributed by atoms with Gasteiger partial charge < -0.3 is 20.3 Å². The lowest BCUT2D eigenvalue weighted by atomic mass is 10.2. The van der Waals surface area contributed by atoms with E-state index in [-0.39, 0.29) is 0 Å². The molecule has 2 N–H and O–H groups in total. The summed E-state index contributed by atoms with van der Waals surface area (Å²) in [6.45, 7) is 8.98. The Morgan fingerprint density at radius 1 is 1.24 bits per heavy atom. The topological polar surface area (TPSA) is 93.0 Å². The number of anilines is 3. The van der Waals surface area contributed by atoms with Crippen LogP contribution >= 0.6 is 0 Å². The van der Waals surface area contributed by atoms with Crippen molar-refractivity contribution in [2.45, 2.75) is 26.8 Å². The largest absolute Gasteiger partial charge is 0.383 e. The number of nitrogens with one attached hydrogen (secondary N) is 2. The molecule has 29 heavy (non-hydrogen) atoms. The summed E-state index contributed by atoms with van der Waals surface area (Å²) in [6, 6.07) is 3.99. The van der Waals surface area contributed by atoms with Gasteiger partial charge in [-0.2, -0.15) is 10.1 Å². The Morgan fingerprint density at radius 3 is 2.79 bits per heavy atom. The second kappa shape index (κ2) is 8.71. The molecule has 4 rings (SSSR count). The summed E-state index contributed by atoms with van der Waals surface area (Å²) in [5.41, 5.74) is 3.88. The molecule has 1 aliphatic heterocycles. The van der Waals surface area contributed by atoms with E-state index in [0.717, 1.165) is 72.5 Å². The van der Waals surface area contributed by atoms with Crippen molar-refractivity contribution in [1.82, 2.24) is 30.0 Å². The average Bonchev–Trinajstić information content (AvgIpc) is 3.11. The monoisotopic (exact) mass is 396 g/mol. The van der Waals surface area contributed by atoms with Crippen molar-refractivity contribution >= 4 is 28.6 Å². The minimum absolute atomic E-state index is 0.571. The molecule has 0 aliphatic carbocycles. The molecule has 0 bridgehead atoms. The van der Waals surface area contributed by atoms with Crippen LogP contribution in [0.15, 0.2) is 18.3 Å². The molecular weight excluding hydrogens is 368 g/mol. The van der Waals surface area contributed by atoms with Gasteiger partial charge in [0.25, 0.3) is 0 Å². The van der Waals surface area contributed by atoms with Crippen LogP contribution < -0.4 is 15.5 Å². The predicted octanol–water partition coefficient (Wildman–Crippen LogP) is 1.89. The van der Waals surface area contributed by atoms with Gasteiger partial charge in [-0.3, -0.25) is 4.68 Å². The molecule has 9 heteroatoms. The molecule has 0 radical (unpaired) electrons. The molecular formula is C20H28N8O. The van der Waals surface area contributed by atoms with Crippen LogP contribution in [0.25, 0.3) is 11.0 Å². The van der Waals surface area contributed by atoms with Crippen LogP contribution in [-0.2, 0) is 17.7 Å².